The van der Waals surface area contributed by atoms with E-state index in [4.69, 9.17) is 9.15 Å². The lowest BCUT2D eigenvalue weighted by Gasteiger charge is -2.18. The minimum Gasteiger partial charge on any atom is -0.472 e. The Balaban J connectivity index is 1.90. The van der Waals surface area contributed by atoms with E-state index < -0.39 is 5.97 Å². The third kappa shape index (κ3) is 2.93. The number of ether oxygens (including phenoxy) is 1. The standard InChI is InChI=1S/C17H14N2O4S/c1-19(14-6-4-3-5-12(14)17(21)22-2)16(20)13-10-24-15(18-13)11-7-8-23-9-11/h3-10H,1-2H3. The molecule has 0 N–H and O–H groups in total. The fraction of sp³-hybridized carbons (Fsp3) is 0.118. The molecule has 122 valence electrons. The van der Waals surface area contributed by atoms with Crippen LogP contribution in [0.2, 0.25) is 0 Å². The molecular formula is C17H14N2O4S. The first kappa shape index (κ1) is 15.9. The molecule has 0 spiro atoms. The number of carbonyl (C=O) groups is 2. The van der Waals surface area contributed by atoms with E-state index in [0.29, 0.717) is 22.0 Å². The smallest absolute Gasteiger partial charge is 0.339 e. The van der Waals surface area contributed by atoms with Gasteiger partial charge in [-0.2, -0.15) is 0 Å². The van der Waals surface area contributed by atoms with E-state index in [1.165, 1.54) is 23.3 Å². The number of benzene rings is 1. The van der Waals surface area contributed by atoms with Crippen molar-refractivity contribution in [3.63, 3.8) is 0 Å². The number of hydrogen-bond donors (Lipinski definition) is 0. The summed E-state index contributed by atoms with van der Waals surface area (Å²) in [5, 5.41) is 2.38. The van der Waals surface area contributed by atoms with Crippen LogP contribution in [0.25, 0.3) is 10.6 Å². The number of rotatable bonds is 4. The predicted octanol–water partition coefficient (Wildman–Crippen LogP) is 3.47. The maximum Gasteiger partial charge on any atom is 0.339 e. The molecule has 2 aromatic heterocycles. The number of para-hydroxylation sites is 1. The Labute approximate surface area is 142 Å². The van der Waals surface area contributed by atoms with Gasteiger partial charge < -0.3 is 14.1 Å². The number of amides is 1. The highest BCUT2D eigenvalue weighted by molar-refractivity contribution is 7.13. The van der Waals surface area contributed by atoms with Crippen molar-refractivity contribution < 1.29 is 18.7 Å². The third-order valence-corrected chi connectivity index (χ3v) is 4.36. The Hall–Kier alpha value is -2.93. The average Bonchev–Trinajstić information content (AvgIpc) is 3.30. The van der Waals surface area contributed by atoms with E-state index >= 15 is 0 Å². The molecule has 0 bridgehead atoms. The Morgan fingerprint density at radius 2 is 2.04 bits per heavy atom. The lowest BCUT2D eigenvalue weighted by atomic mass is 10.1. The fourth-order valence-corrected chi connectivity index (χ4v) is 3.00. The summed E-state index contributed by atoms with van der Waals surface area (Å²) in [6.07, 6.45) is 3.13. The monoisotopic (exact) mass is 342 g/mol. The van der Waals surface area contributed by atoms with E-state index in [1.807, 2.05) is 0 Å². The number of carbonyl (C=O) groups excluding carboxylic acids is 2. The van der Waals surface area contributed by atoms with Crippen LogP contribution in [0, 0.1) is 0 Å². The molecule has 0 aliphatic rings. The summed E-state index contributed by atoms with van der Waals surface area (Å²) in [6, 6.07) is 8.55. The Bertz CT molecular complexity index is 870. The van der Waals surface area contributed by atoms with Crippen LogP contribution in [0.5, 0.6) is 0 Å². The molecule has 24 heavy (non-hydrogen) atoms. The molecule has 0 aliphatic heterocycles. The molecule has 0 saturated carbocycles. The maximum atomic E-state index is 12.7. The van der Waals surface area contributed by atoms with Crippen LogP contribution in [0.4, 0.5) is 5.69 Å². The maximum absolute atomic E-state index is 12.7. The number of methoxy groups -OCH3 is 1. The highest BCUT2D eigenvalue weighted by Gasteiger charge is 2.22. The molecule has 0 radical (unpaired) electrons. The predicted molar refractivity (Wildman–Crippen MR) is 90.3 cm³/mol. The van der Waals surface area contributed by atoms with Gasteiger partial charge in [0, 0.05) is 18.0 Å². The number of hydrogen-bond acceptors (Lipinski definition) is 6. The summed E-state index contributed by atoms with van der Waals surface area (Å²) >= 11 is 1.35. The number of nitrogens with zero attached hydrogens (tertiary/aromatic N) is 2. The number of aromatic nitrogens is 1. The molecule has 3 rings (SSSR count). The summed E-state index contributed by atoms with van der Waals surface area (Å²) in [7, 11) is 2.90. The highest BCUT2D eigenvalue weighted by atomic mass is 32.1. The highest BCUT2D eigenvalue weighted by Crippen LogP contribution is 2.26. The van der Waals surface area contributed by atoms with Gasteiger partial charge in [0.2, 0.25) is 0 Å². The van der Waals surface area contributed by atoms with Gasteiger partial charge in [0.1, 0.15) is 17.0 Å². The van der Waals surface area contributed by atoms with Gasteiger partial charge in [0.05, 0.1) is 24.6 Å². The normalized spacial score (nSPS) is 10.4. The van der Waals surface area contributed by atoms with E-state index in [0.717, 1.165) is 5.56 Å². The number of thiazole rings is 1. The van der Waals surface area contributed by atoms with E-state index in [2.05, 4.69) is 4.98 Å². The zero-order valence-corrected chi connectivity index (χ0v) is 13.9. The van der Waals surface area contributed by atoms with Crippen LogP contribution in [0.3, 0.4) is 0 Å². The van der Waals surface area contributed by atoms with Crippen molar-refractivity contribution in [3.8, 4) is 10.6 Å². The van der Waals surface area contributed by atoms with Crippen molar-refractivity contribution >= 4 is 28.9 Å². The molecule has 1 amide bonds. The van der Waals surface area contributed by atoms with Gasteiger partial charge in [0.25, 0.3) is 5.91 Å². The van der Waals surface area contributed by atoms with Gasteiger partial charge in [-0.25, -0.2) is 9.78 Å². The summed E-state index contributed by atoms with van der Waals surface area (Å²) in [4.78, 5) is 30.3. The Kier molecular flexibility index (Phi) is 4.43. The van der Waals surface area contributed by atoms with Crippen molar-refractivity contribution in [1.82, 2.24) is 4.98 Å². The third-order valence-electron chi connectivity index (χ3n) is 3.47. The lowest BCUT2D eigenvalue weighted by molar-refractivity contribution is 0.0601. The Morgan fingerprint density at radius 1 is 1.25 bits per heavy atom. The number of anilines is 1. The summed E-state index contributed by atoms with van der Waals surface area (Å²) in [5.74, 6) is -0.806. The number of furan rings is 1. The minimum atomic E-state index is -0.498. The molecule has 2 heterocycles. The minimum absolute atomic E-state index is 0.304. The van der Waals surface area contributed by atoms with Crippen molar-refractivity contribution in [1.29, 1.82) is 0 Å². The van der Waals surface area contributed by atoms with Gasteiger partial charge >= 0.3 is 5.97 Å². The topological polar surface area (TPSA) is 72.6 Å². The van der Waals surface area contributed by atoms with Crippen molar-refractivity contribution in [2.45, 2.75) is 0 Å². The van der Waals surface area contributed by atoms with Crippen LogP contribution in [0.1, 0.15) is 20.8 Å². The molecular weight excluding hydrogens is 328 g/mol. The van der Waals surface area contributed by atoms with Gasteiger partial charge in [0.15, 0.2) is 0 Å². The van der Waals surface area contributed by atoms with Crippen LogP contribution in [-0.2, 0) is 4.74 Å². The van der Waals surface area contributed by atoms with Gasteiger partial charge in [-0.3, -0.25) is 4.79 Å². The number of esters is 1. The molecule has 0 atom stereocenters. The average molecular weight is 342 g/mol. The van der Waals surface area contributed by atoms with E-state index in [1.54, 1.807) is 55.3 Å². The van der Waals surface area contributed by atoms with Gasteiger partial charge in [-0.15, -0.1) is 11.3 Å². The van der Waals surface area contributed by atoms with Crippen molar-refractivity contribution in [2.24, 2.45) is 0 Å². The van der Waals surface area contributed by atoms with Gasteiger partial charge in [-0.1, -0.05) is 12.1 Å². The fourth-order valence-electron chi connectivity index (χ4n) is 2.22. The van der Waals surface area contributed by atoms with Crippen molar-refractivity contribution in [3.05, 3.63) is 59.5 Å². The summed E-state index contributed by atoms with van der Waals surface area (Å²) in [6.45, 7) is 0. The molecule has 7 heteroatoms. The van der Waals surface area contributed by atoms with Crippen LogP contribution in [0.15, 0.2) is 52.7 Å². The largest absolute Gasteiger partial charge is 0.472 e. The molecule has 0 unspecified atom stereocenters. The first-order valence-corrected chi connectivity index (χ1v) is 7.93. The zero-order valence-electron chi connectivity index (χ0n) is 13.1. The van der Waals surface area contributed by atoms with E-state index in [9.17, 15) is 9.59 Å². The first-order chi connectivity index (χ1) is 11.6. The van der Waals surface area contributed by atoms with Crippen molar-refractivity contribution in [2.75, 3.05) is 19.1 Å². The first-order valence-electron chi connectivity index (χ1n) is 7.05. The zero-order chi connectivity index (χ0) is 17.1. The molecule has 0 saturated heterocycles. The quantitative estimate of drug-likeness (QED) is 0.679. The second kappa shape index (κ2) is 6.67. The molecule has 0 aliphatic carbocycles. The molecule has 3 aromatic rings. The SMILES string of the molecule is COC(=O)c1ccccc1N(C)C(=O)c1csc(-c2ccoc2)n1. The second-order valence-corrected chi connectivity index (χ2v) is 5.78. The van der Waals surface area contributed by atoms with E-state index in [-0.39, 0.29) is 5.91 Å². The lowest BCUT2D eigenvalue weighted by Crippen LogP contribution is -2.28. The van der Waals surface area contributed by atoms with Crippen LogP contribution < -0.4 is 4.90 Å². The molecule has 0 fully saturated rings. The second-order valence-electron chi connectivity index (χ2n) is 4.92. The molecule has 1 aromatic carbocycles. The molecule has 6 nitrogen and oxygen atoms in total. The summed E-state index contributed by atoms with van der Waals surface area (Å²) < 4.78 is 9.79. The van der Waals surface area contributed by atoms with Crippen LogP contribution in [-0.4, -0.2) is 31.0 Å². The summed E-state index contributed by atoms with van der Waals surface area (Å²) in [5.41, 5.74) is 1.91. The van der Waals surface area contributed by atoms with Gasteiger partial charge in [-0.05, 0) is 18.2 Å². The Morgan fingerprint density at radius 3 is 2.75 bits per heavy atom. The van der Waals surface area contributed by atoms with Crippen LogP contribution >= 0.6 is 11.3 Å².